The molecule has 4 rings (SSSR count). The minimum absolute atomic E-state index is 0.0187. The number of β-amino-alcohol motifs (C(OH)–C–C–N with tert-alkyl or cyclic N) is 1. The number of hydrogen-bond donors (Lipinski definition) is 2. The van der Waals surface area contributed by atoms with Crippen LogP contribution in [0.2, 0.25) is 5.02 Å². The van der Waals surface area contributed by atoms with Crippen molar-refractivity contribution in [1.29, 1.82) is 0 Å². The van der Waals surface area contributed by atoms with E-state index in [-0.39, 0.29) is 48.4 Å². The van der Waals surface area contributed by atoms with Gasteiger partial charge in [-0.2, -0.15) is 0 Å². The number of aliphatic hydroxyl groups excluding tert-OH is 1. The van der Waals surface area contributed by atoms with Gasteiger partial charge in [0.2, 0.25) is 5.88 Å². The van der Waals surface area contributed by atoms with Gasteiger partial charge in [0.1, 0.15) is 37.2 Å². The van der Waals surface area contributed by atoms with Gasteiger partial charge in [0.25, 0.3) is 17.4 Å². The maximum Gasteiger partial charge on any atom is 0.280 e. The van der Waals surface area contributed by atoms with Gasteiger partial charge >= 0.3 is 0 Å². The van der Waals surface area contributed by atoms with Gasteiger partial charge in [-0.3, -0.25) is 23.8 Å². The standard InChI is InChI=1S/C24H21ClF2N4O6/c1-13-2-3-14(21(33)29-18-11-37-31(6-7-32)23(18)34)8-19(13)30-12-28-22(20(25)24(30)35)36-10-15-4-5-16(26)9-17(15)27/h2-5,8-9,12,18,32H,6-7,10-11H2,1H3,(H,29,33)/t18-/m0/s1. The van der Waals surface area contributed by atoms with Crippen LogP contribution in [0.15, 0.2) is 47.5 Å². The first-order valence-electron chi connectivity index (χ1n) is 11.0. The van der Waals surface area contributed by atoms with Gasteiger partial charge in [-0.05, 0) is 36.8 Å². The number of hydrogen-bond acceptors (Lipinski definition) is 7. The second-order valence-electron chi connectivity index (χ2n) is 8.05. The third-order valence-corrected chi connectivity index (χ3v) is 5.87. The lowest BCUT2D eigenvalue weighted by Crippen LogP contribution is -2.43. The summed E-state index contributed by atoms with van der Waals surface area (Å²) in [5, 5.41) is 12.1. The van der Waals surface area contributed by atoms with E-state index in [1.165, 1.54) is 18.2 Å². The summed E-state index contributed by atoms with van der Waals surface area (Å²) < 4.78 is 33.4. The van der Waals surface area contributed by atoms with Gasteiger partial charge < -0.3 is 15.2 Å². The fourth-order valence-corrected chi connectivity index (χ4v) is 3.76. The summed E-state index contributed by atoms with van der Waals surface area (Å²) in [6.07, 6.45) is 1.15. The van der Waals surface area contributed by atoms with Crippen molar-refractivity contribution in [3.05, 3.63) is 86.4 Å². The number of hydroxylamine groups is 2. The zero-order valence-electron chi connectivity index (χ0n) is 19.4. The Hall–Kier alpha value is -3.87. The molecule has 1 saturated heterocycles. The number of aromatic nitrogens is 2. The Morgan fingerprint density at radius 2 is 2.05 bits per heavy atom. The Kier molecular flexibility index (Phi) is 7.81. The highest BCUT2D eigenvalue weighted by molar-refractivity contribution is 6.31. The average molecular weight is 535 g/mol. The van der Waals surface area contributed by atoms with E-state index in [1.54, 1.807) is 13.0 Å². The summed E-state index contributed by atoms with van der Waals surface area (Å²) in [7, 11) is 0. The van der Waals surface area contributed by atoms with Crippen LogP contribution in [0.1, 0.15) is 21.5 Å². The lowest BCUT2D eigenvalue weighted by Gasteiger charge is -2.15. The van der Waals surface area contributed by atoms with Gasteiger partial charge in [-0.1, -0.05) is 17.7 Å². The van der Waals surface area contributed by atoms with Crippen molar-refractivity contribution in [3.63, 3.8) is 0 Å². The molecule has 2 aromatic carbocycles. The van der Waals surface area contributed by atoms with Crippen molar-refractivity contribution in [1.82, 2.24) is 19.9 Å². The summed E-state index contributed by atoms with van der Waals surface area (Å²) >= 11 is 6.18. The number of benzene rings is 2. The molecule has 194 valence electrons. The maximum absolute atomic E-state index is 13.9. The molecule has 3 aromatic rings. The Morgan fingerprint density at radius 1 is 1.27 bits per heavy atom. The lowest BCUT2D eigenvalue weighted by molar-refractivity contribution is -0.163. The highest BCUT2D eigenvalue weighted by atomic mass is 35.5. The second kappa shape index (κ2) is 11.0. The minimum atomic E-state index is -0.926. The number of amides is 2. The van der Waals surface area contributed by atoms with Crippen molar-refractivity contribution in [2.45, 2.75) is 19.6 Å². The zero-order chi connectivity index (χ0) is 26.7. The Morgan fingerprint density at radius 3 is 2.78 bits per heavy atom. The molecule has 1 atom stereocenters. The molecule has 1 fully saturated rings. The predicted molar refractivity (Wildman–Crippen MR) is 126 cm³/mol. The van der Waals surface area contributed by atoms with E-state index in [9.17, 15) is 23.2 Å². The van der Waals surface area contributed by atoms with Gasteiger partial charge in [0.05, 0.1) is 18.8 Å². The molecule has 13 heteroatoms. The van der Waals surface area contributed by atoms with Crippen molar-refractivity contribution >= 4 is 23.4 Å². The number of nitrogens with zero attached hydrogens (tertiary/aromatic N) is 3. The molecule has 10 nitrogen and oxygen atoms in total. The molecular formula is C24H21ClF2N4O6. The number of rotatable bonds is 8. The zero-order valence-corrected chi connectivity index (χ0v) is 20.2. The van der Waals surface area contributed by atoms with E-state index in [4.69, 9.17) is 26.3 Å². The van der Waals surface area contributed by atoms with Crippen molar-refractivity contribution in [2.24, 2.45) is 0 Å². The van der Waals surface area contributed by atoms with E-state index in [0.29, 0.717) is 17.3 Å². The summed E-state index contributed by atoms with van der Waals surface area (Å²) in [4.78, 5) is 47.2. The van der Waals surface area contributed by atoms with Crippen LogP contribution in [0.25, 0.3) is 5.69 Å². The van der Waals surface area contributed by atoms with Gasteiger partial charge in [0.15, 0.2) is 5.02 Å². The molecule has 1 aromatic heterocycles. The third kappa shape index (κ3) is 5.61. The Bertz CT molecular complexity index is 1420. The van der Waals surface area contributed by atoms with Gasteiger partial charge in [-0.15, -0.1) is 0 Å². The van der Waals surface area contributed by atoms with Crippen LogP contribution < -0.4 is 15.6 Å². The quantitative estimate of drug-likeness (QED) is 0.452. The smallest absolute Gasteiger partial charge is 0.280 e. The summed E-state index contributed by atoms with van der Waals surface area (Å²) in [6, 6.07) is 6.62. The minimum Gasteiger partial charge on any atom is -0.471 e. The number of nitrogens with one attached hydrogen (secondary N) is 1. The number of halogens is 3. The predicted octanol–water partition coefficient (Wildman–Crippen LogP) is 1.92. The highest BCUT2D eigenvalue weighted by Crippen LogP contribution is 2.22. The molecule has 0 radical (unpaired) electrons. The van der Waals surface area contributed by atoms with Crippen LogP contribution in [0.5, 0.6) is 5.88 Å². The molecular weight excluding hydrogens is 514 g/mol. The molecule has 37 heavy (non-hydrogen) atoms. The topological polar surface area (TPSA) is 123 Å². The summed E-state index contributed by atoms with van der Waals surface area (Å²) in [5.74, 6) is -2.87. The van der Waals surface area contributed by atoms with Crippen molar-refractivity contribution in [3.8, 4) is 11.6 Å². The summed E-state index contributed by atoms with van der Waals surface area (Å²) in [5.41, 5.74) is 0.422. The molecule has 2 amide bonds. The number of carbonyl (C=O) groups excluding carboxylic acids is 2. The van der Waals surface area contributed by atoms with E-state index in [1.807, 2.05) is 0 Å². The number of aryl methyl sites for hydroxylation is 1. The highest BCUT2D eigenvalue weighted by Gasteiger charge is 2.34. The number of ether oxygens (including phenoxy) is 1. The fraction of sp³-hybridized carbons (Fsp3) is 0.250. The molecule has 0 saturated carbocycles. The maximum atomic E-state index is 13.9. The lowest BCUT2D eigenvalue weighted by atomic mass is 10.1. The first-order chi connectivity index (χ1) is 17.7. The summed E-state index contributed by atoms with van der Waals surface area (Å²) in [6.45, 7) is 0.989. The normalized spacial score (nSPS) is 15.2. The fourth-order valence-electron chi connectivity index (χ4n) is 3.57. The third-order valence-electron chi connectivity index (χ3n) is 5.54. The SMILES string of the molecule is Cc1ccc(C(=O)N[C@H]2CON(CCO)C2=O)cc1-n1cnc(OCc2ccc(F)cc2F)c(Cl)c1=O. The largest absolute Gasteiger partial charge is 0.471 e. The number of aliphatic hydroxyl groups is 1. The van der Waals surface area contributed by atoms with Crippen LogP contribution in [-0.2, 0) is 16.2 Å². The average Bonchev–Trinajstić information content (AvgIpc) is 3.20. The molecule has 0 spiro atoms. The second-order valence-corrected chi connectivity index (χ2v) is 8.43. The van der Waals surface area contributed by atoms with Crippen LogP contribution in [0.3, 0.4) is 0 Å². The van der Waals surface area contributed by atoms with Crippen LogP contribution >= 0.6 is 11.6 Å². The Balaban J connectivity index is 1.53. The molecule has 0 unspecified atom stereocenters. The van der Waals surface area contributed by atoms with Gasteiger partial charge in [0, 0.05) is 17.2 Å². The van der Waals surface area contributed by atoms with Crippen molar-refractivity contribution in [2.75, 3.05) is 19.8 Å². The molecule has 1 aliphatic heterocycles. The molecule has 2 N–H and O–H groups in total. The van der Waals surface area contributed by atoms with Gasteiger partial charge in [-0.25, -0.2) is 18.8 Å². The first kappa shape index (κ1) is 26.2. The molecule has 0 bridgehead atoms. The molecule has 0 aliphatic carbocycles. The van der Waals surface area contributed by atoms with Crippen LogP contribution in [-0.4, -0.2) is 57.3 Å². The first-order valence-corrected chi connectivity index (χ1v) is 11.4. The van der Waals surface area contributed by atoms with E-state index in [2.05, 4.69) is 10.3 Å². The van der Waals surface area contributed by atoms with E-state index in [0.717, 1.165) is 22.0 Å². The van der Waals surface area contributed by atoms with E-state index < -0.39 is 35.0 Å². The van der Waals surface area contributed by atoms with Crippen LogP contribution in [0, 0.1) is 18.6 Å². The molecule has 2 heterocycles. The molecule has 1 aliphatic rings. The van der Waals surface area contributed by atoms with Crippen LogP contribution in [0.4, 0.5) is 8.78 Å². The van der Waals surface area contributed by atoms with Crippen molar-refractivity contribution < 1.29 is 33.1 Å². The number of carbonyl (C=O) groups is 2. The Labute approximate surface area is 214 Å². The monoisotopic (exact) mass is 534 g/mol. The van der Waals surface area contributed by atoms with E-state index >= 15 is 0 Å².